The standard InChI is InChI=1S/C7H5ClN4O/c8-5-6(13-12-7(5)9)4-1-2-10-11-3-4/h1-3H,(H2,9,12). The molecule has 0 unspecified atom stereocenters. The molecule has 2 N–H and O–H groups in total. The number of nitrogen functional groups attached to an aromatic ring is 1. The number of hydrogen-bond acceptors (Lipinski definition) is 5. The lowest BCUT2D eigenvalue weighted by atomic mass is 10.2. The van der Waals surface area contributed by atoms with Gasteiger partial charge in [0.2, 0.25) is 0 Å². The third kappa shape index (κ3) is 1.33. The first kappa shape index (κ1) is 8.00. The first-order valence-corrected chi connectivity index (χ1v) is 3.84. The van der Waals surface area contributed by atoms with E-state index in [1.807, 2.05) is 0 Å². The van der Waals surface area contributed by atoms with Crippen LogP contribution in [0.2, 0.25) is 5.02 Å². The van der Waals surface area contributed by atoms with Crippen LogP contribution in [-0.4, -0.2) is 15.4 Å². The minimum absolute atomic E-state index is 0.175. The van der Waals surface area contributed by atoms with E-state index in [0.717, 1.165) is 0 Å². The summed E-state index contributed by atoms with van der Waals surface area (Å²) in [5.74, 6) is 0.586. The van der Waals surface area contributed by atoms with Gasteiger partial charge in [0.15, 0.2) is 11.6 Å². The maximum atomic E-state index is 5.81. The van der Waals surface area contributed by atoms with E-state index >= 15 is 0 Å². The maximum Gasteiger partial charge on any atom is 0.189 e. The molecule has 0 aliphatic heterocycles. The number of halogens is 1. The van der Waals surface area contributed by atoms with Crippen molar-refractivity contribution in [3.63, 3.8) is 0 Å². The monoisotopic (exact) mass is 196 g/mol. The normalized spacial score (nSPS) is 10.2. The fourth-order valence-electron chi connectivity index (χ4n) is 0.896. The van der Waals surface area contributed by atoms with Crippen LogP contribution in [0.5, 0.6) is 0 Å². The molecule has 2 aromatic heterocycles. The van der Waals surface area contributed by atoms with Gasteiger partial charge in [-0.05, 0) is 6.07 Å². The zero-order chi connectivity index (χ0) is 9.26. The number of anilines is 1. The Labute approximate surface area is 78.5 Å². The number of rotatable bonds is 1. The van der Waals surface area contributed by atoms with E-state index in [9.17, 15) is 0 Å². The predicted octanol–water partition coefficient (Wildman–Crippen LogP) is 1.37. The summed E-state index contributed by atoms with van der Waals surface area (Å²) in [5, 5.41) is 11.1. The van der Waals surface area contributed by atoms with Gasteiger partial charge in [-0.1, -0.05) is 16.8 Å². The highest BCUT2D eigenvalue weighted by Crippen LogP contribution is 2.30. The summed E-state index contributed by atoms with van der Waals surface area (Å²) < 4.78 is 4.91. The smallest absolute Gasteiger partial charge is 0.189 e. The van der Waals surface area contributed by atoms with Crippen LogP contribution in [0.3, 0.4) is 0 Å². The molecule has 0 spiro atoms. The molecule has 2 heterocycles. The molecule has 5 nitrogen and oxygen atoms in total. The third-order valence-electron chi connectivity index (χ3n) is 1.51. The van der Waals surface area contributed by atoms with Gasteiger partial charge in [0, 0.05) is 5.56 Å². The molecule has 0 bridgehead atoms. The Morgan fingerprint density at radius 1 is 1.38 bits per heavy atom. The van der Waals surface area contributed by atoms with Gasteiger partial charge >= 0.3 is 0 Å². The van der Waals surface area contributed by atoms with Crippen molar-refractivity contribution >= 4 is 17.4 Å². The van der Waals surface area contributed by atoms with Crippen LogP contribution in [0.25, 0.3) is 11.3 Å². The van der Waals surface area contributed by atoms with E-state index in [2.05, 4.69) is 15.4 Å². The minimum atomic E-state index is 0.175. The third-order valence-corrected chi connectivity index (χ3v) is 1.87. The van der Waals surface area contributed by atoms with Crippen molar-refractivity contribution in [1.29, 1.82) is 0 Å². The molecule has 0 fully saturated rings. The largest absolute Gasteiger partial charge is 0.380 e. The predicted molar refractivity (Wildman–Crippen MR) is 47.0 cm³/mol. The zero-order valence-electron chi connectivity index (χ0n) is 6.44. The Kier molecular flexibility index (Phi) is 1.86. The molecule has 0 saturated heterocycles. The minimum Gasteiger partial charge on any atom is -0.380 e. The summed E-state index contributed by atoms with van der Waals surface area (Å²) in [6.45, 7) is 0. The van der Waals surface area contributed by atoms with Gasteiger partial charge in [0.1, 0.15) is 5.02 Å². The molecule has 0 amide bonds. The van der Waals surface area contributed by atoms with Gasteiger partial charge in [0.25, 0.3) is 0 Å². The van der Waals surface area contributed by atoms with Gasteiger partial charge in [-0.15, -0.1) is 0 Å². The van der Waals surface area contributed by atoms with Gasteiger partial charge in [-0.3, -0.25) is 0 Å². The number of nitrogens with zero attached hydrogens (tertiary/aromatic N) is 3. The molecule has 0 aliphatic rings. The van der Waals surface area contributed by atoms with Crippen molar-refractivity contribution in [2.45, 2.75) is 0 Å². The van der Waals surface area contributed by atoms with Gasteiger partial charge in [-0.2, -0.15) is 10.2 Å². The Morgan fingerprint density at radius 2 is 2.23 bits per heavy atom. The molecule has 0 aliphatic carbocycles. The average Bonchev–Trinajstić information content (AvgIpc) is 2.49. The van der Waals surface area contributed by atoms with Crippen LogP contribution in [0, 0.1) is 0 Å². The first-order chi connectivity index (χ1) is 6.29. The average molecular weight is 197 g/mol. The maximum absolute atomic E-state index is 5.81. The van der Waals surface area contributed by atoms with E-state index in [1.165, 1.54) is 12.4 Å². The molecular weight excluding hydrogens is 192 g/mol. The second-order valence-corrected chi connectivity index (χ2v) is 2.72. The highest BCUT2D eigenvalue weighted by Gasteiger charge is 2.13. The van der Waals surface area contributed by atoms with E-state index in [-0.39, 0.29) is 5.82 Å². The highest BCUT2D eigenvalue weighted by molar-refractivity contribution is 6.35. The van der Waals surface area contributed by atoms with Gasteiger partial charge in [-0.25, -0.2) is 0 Å². The quantitative estimate of drug-likeness (QED) is 0.745. The molecule has 66 valence electrons. The molecule has 2 rings (SSSR count). The van der Waals surface area contributed by atoms with E-state index < -0.39 is 0 Å². The van der Waals surface area contributed by atoms with Gasteiger partial charge < -0.3 is 10.3 Å². The van der Waals surface area contributed by atoms with Crippen molar-refractivity contribution in [3.8, 4) is 11.3 Å². The molecule has 0 radical (unpaired) electrons. The van der Waals surface area contributed by atoms with Crippen LogP contribution >= 0.6 is 11.6 Å². The number of hydrogen-bond donors (Lipinski definition) is 1. The summed E-state index contributed by atoms with van der Waals surface area (Å²) in [5.41, 5.74) is 6.10. The SMILES string of the molecule is Nc1noc(-c2ccnnc2)c1Cl. The molecule has 13 heavy (non-hydrogen) atoms. The first-order valence-electron chi connectivity index (χ1n) is 3.47. The molecule has 6 heteroatoms. The van der Waals surface area contributed by atoms with Crippen LogP contribution in [0.1, 0.15) is 0 Å². The second-order valence-electron chi connectivity index (χ2n) is 2.34. The van der Waals surface area contributed by atoms with E-state index in [1.54, 1.807) is 6.07 Å². The van der Waals surface area contributed by atoms with Crippen molar-refractivity contribution < 1.29 is 4.52 Å². The lowest BCUT2D eigenvalue weighted by molar-refractivity contribution is 0.435. The van der Waals surface area contributed by atoms with Crippen molar-refractivity contribution in [2.75, 3.05) is 5.73 Å². The lowest BCUT2D eigenvalue weighted by Crippen LogP contribution is -1.83. The fourth-order valence-corrected chi connectivity index (χ4v) is 1.07. The zero-order valence-corrected chi connectivity index (χ0v) is 7.19. The summed E-state index contributed by atoms with van der Waals surface area (Å²) in [6, 6.07) is 1.71. The van der Waals surface area contributed by atoms with Crippen LogP contribution in [0.15, 0.2) is 23.0 Å². The summed E-state index contributed by atoms with van der Waals surface area (Å²) in [7, 11) is 0. The van der Waals surface area contributed by atoms with E-state index in [4.69, 9.17) is 21.9 Å². The molecular formula is C7H5ClN4O. The van der Waals surface area contributed by atoms with Crippen LogP contribution in [0.4, 0.5) is 5.82 Å². The van der Waals surface area contributed by atoms with Crippen molar-refractivity contribution in [3.05, 3.63) is 23.5 Å². The highest BCUT2D eigenvalue weighted by atomic mass is 35.5. The summed E-state index contributed by atoms with van der Waals surface area (Å²) in [4.78, 5) is 0. The fraction of sp³-hybridized carbons (Fsp3) is 0. The summed E-state index contributed by atoms with van der Waals surface area (Å²) in [6.07, 6.45) is 3.05. The molecule has 2 aromatic rings. The van der Waals surface area contributed by atoms with Crippen molar-refractivity contribution in [1.82, 2.24) is 15.4 Å². The van der Waals surface area contributed by atoms with Crippen molar-refractivity contribution in [2.24, 2.45) is 0 Å². The Balaban J connectivity index is 2.53. The molecule has 0 atom stereocenters. The Morgan fingerprint density at radius 3 is 2.77 bits per heavy atom. The van der Waals surface area contributed by atoms with Crippen LogP contribution < -0.4 is 5.73 Å². The Hall–Kier alpha value is -1.62. The number of aromatic nitrogens is 3. The van der Waals surface area contributed by atoms with Crippen LogP contribution in [-0.2, 0) is 0 Å². The molecule has 0 saturated carbocycles. The Bertz CT molecular complexity index is 414. The van der Waals surface area contributed by atoms with Gasteiger partial charge in [0.05, 0.1) is 12.4 Å². The number of nitrogens with two attached hydrogens (primary N) is 1. The topological polar surface area (TPSA) is 77.8 Å². The second kappa shape index (κ2) is 3.02. The van der Waals surface area contributed by atoms with E-state index in [0.29, 0.717) is 16.3 Å². The lowest BCUT2D eigenvalue weighted by Gasteiger charge is -1.92. The molecule has 0 aromatic carbocycles. The summed E-state index contributed by atoms with van der Waals surface area (Å²) >= 11 is 5.81.